The zero-order valence-electron chi connectivity index (χ0n) is 10.8. The fourth-order valence-corrected chi connectivity index (χ4v) is 2.99. The highest BCUT2D eigenvalue weighted by Crippen LogP contribution is 2.47. The van der Waals surface area contributed by atoms with Crippen molar-refractivity contribution < 1.29 is 14.6 Å². The predicted octanol–water partition coefficient (Wildman–Crippen LogP) is 2.04. The number of hydrogen-bond donors (Lipinski definition) is 1. The summed E-state index contributed by atoms with van der Waals surface area (Å²) >= 11 is 0. The molecule has 0 aromatic carbocycles. The smallest absolute Gasteiger partial charge is 0.168 e. The lowest BCUT2D eigenvalue weighted by Gasteiger charge is -2.41. The van der Waals surface area contributed by atoms with Crippen molar-refractivity contribution in [2.24, 2.45) is 23.7 Å². The van der Waals surface area contributed by atoms with Crippen molar-refractivity contribution in [3.8, 4) is 0 Å². The van der Waals surface area contributed by atoms with E-state index < -0.39 is 5.79 Å². The predicted molar refractivity (Wildman–Crippen MR) is 61.9 cm³/mol. The second kappa shape index (κ2) is 4.28. The molecule has 0 aliphatic carbocycles. The molecule has 16 heavy (non-hydrogen) atoms. The Morgan fingerprint density at radius 2 is 2.00 bits per heavy atom. The third-order valence-electron chi connectivity index (χ3n) is 4.81. The molecule has 2 aliphatic rings. The van der Waals surface area contributed by atoms with Gasteiger partial charge >= 0.3 is 0 Å². The van der Waals surface area contributed by atoms with Crippen molar-refractivity contribution >= 4 is 0 Å². The maximum Gasteiger partial charge on any atom is 0.168 e. The van der Waals surface area contributed by atoms with Crippen molar-refractivity contribution in [1.29, 1.82) is 0 Å². The monoisotopic (exact) mass is 228 g/mol. The molecule has 0 saturated carbocycles. The summed E-state index contributed by atoms with van der Waals surface area (Å²) in [5, 5.41) is 10.3. The lowest BCUT2D eigenvalue weighted by atomic mass is 9.74. The van der Waals surface area contributed by atoms with Crippen LogP contribution in [0.5, 0.6) is 0 Å². The summed E-state index contributed by atoms with van der Waals surface area (Å²) in [4.78, 5) is 0. The van der Waals surface area contributed by atoms with E-state index in [9.17, 15) is 5.11 Å². The molecule has 2 aliphatic heterocycles. The molecule has 6 atom stereocenters. The summed E-state index contributed by atoms with van der Waals surface area (Å²) < 4.78 is 11.6. The Morgan fingerprint density at radius 1 is 1.38 bits per heavy atom. The summed E-state index contributed by atoms with van der Waals surface area (Å²) in [5.74, 6) is 0.995. The van der Waals surface area contributed by atoms with Gasteiger partial charge in [-0.1, -0.05) is 27.2 Å². The lowest BCUT2D eigenvalue weighted by Crippen LogP contribution is -2.48. The second-order valence-corrected chi connectivity index (χ2v) is 5.63. The number of hydrogen-bond acceptors (Lipinski definition) is 3. The number of fused-ring (bicyclic) bond motifs is 2. The molecule has 0 radical (unpaired) electrons. The van der Waals surface area contributed by atoms with Crippen molar-refractivity contribution in [3.63, 3.8) is 0 Å². The van der Waals surface area contributed by atoms with Gasteiger partial charge in [0, 0.05) is 11.8 Å². The van der Waals surface area contributed by atoms with Gasteiger partial charge in [-0.2, -0.15) is 0 Å². The standard InChI is InChI=1S/C13H24O3/c1-5-8(2)12(14)11-7-16-13(4)9(3)10(11)6-15-13/h8-12,14H,5-7H2,1-4H3/t8?,9?,10?,11-,12-,13-/m0/s1. The van der Waals surface area contributed by atoms with E-state index in [4.69, 9.17) is 9.47 Å². The van der Waals surface area contributed by atoms with Gasteiger partial charge in [0.15, 0.2) is 5.79 Å². The van der Waals surface area contributed by atoms with E-state index in [1.54, 1.807) is 0 Å². The highest BCUT2D eigenvalue weighted by atomic mass is 16.7. The quantitative estimate of drug-likeness (QED) is 0.803. The Labute approximate surface area is 98.1 Å². The van der Waals surface area contributed by atoms with Gasteiger partial charge in [0.2, 0.25) is 0 Å². The fourth-order valence-electron chi connectivity index (χ4n) is 2.99. The van der Waals surface area contributed by atoms with Gasteiger partial charge in [-0.15, -0.1) is 0 Å². The van der Waals surface area contributed by atoms with Crippen LogP contribution in [0.1, 0.15) is 34.1 Å². The molecule has 2 heterocycles. The third-order valence-corrected chi connectivity index (χ3v) is 4.81. The molecule has 3 heteroatoms. The van der Waals surface area contributed by atoms with Crippen LogP contribution in [0.4, 0.5) is 0 Å². The molecular weight excluding hydrogens is 204 g/mol. The Kier molecular flexibility index (Phi) is 3.30. The van der Waals surface area contributed by atoms with Crippen LogP contribution in [-0.4, -0.2) is 30.2 Å². The fraction of sp³-hybridized carbons (Fsp3) is 1.00. The average molecular weight is 228 g/mol. The van der Waals surface area contributed by atoms with Crippen molar-refractivity contribution in [3.05, 3.63) is 0 Å². The Hall–Kier alpha value is -0.120. The summed E-state index contributed by atoms with van der Waals surface area (Å²) in [7, 11) is 0. The molecule has 2 saturated heterocycles. The molecule has 3 unspecified atom stereocenters. The number of aliphatic hydroxyl groups excluding tert-OH is 1. The minimum atomic E-state index is -0.406. The largest absolute Gasteiger partial charge is 0.392 e. The number of aliphatic hydroxyl groups is 1. The van der Waals surface area contributed by atoms with Crippen LogP contribution in [0.25, 0.3) is 0 Å². The molecule has 0 aromatic rings. The maximum atomic E-state index is 10.3. The van der Waals surface area contributed by atoms with E-state index >= 15 is 0 Å². The molecule has 2 bridgehead atoms. The molecule has 0 spiro atoms. The van der Waals surface area contributed by atoms with Gasteiger partial charge < -0.3 is 14.6 Å². The SMILES string of the molecule is CCC(C)[C@H](O)[C@H]1CO[C@]2(C)OCC1C2C. The van der Waals surface area contributed by atoms with Gasteiger partial charge in [0.25, 0.3) is 0 Å². The van der Waals surface area contributed by atoms with Crippen LogP contribution in [-0.2, 0) is 9.47 Å². The highest BCUT2D eigenvalue weighted by Gasteiger charge is 2.53. The number of rotatable bonds is 3. The zero-order valence-corrected chi connectivity index (χ0v) is 10.8. The maximum absolute atomic E-state index is 10.3. The topological polar surface area (TPSA) is 38.7 Å². The van der Waals surface area contributed by atoms with Crippen molar-refractivity contribution in [2.45, 2.75) is 46.0 Å². The summed E-state index contributed by atoms with van der Waals surface area (Å²) in [5.41, 5.74) is 0. The second-order valence-electron chi connectivity index (χ2n) is 5.63. The van der Waals surface area contributed by atoms with Gasteiger partial charge in [-0.3, -0.25) is 0 Å². The Bertz CT molecular complexity index is 256. The van der Waals surface area contributed by atoms with E-state index in [2.05, 4.69) is 20.8 Å². The Morgan fingerprint density at radius 3 is 2.62 bits per heavy atom. The minimum Gasteiger partial charge on any atom is -0.392 e. The normalized spacial score (nSPS) is 46.7. The minimum absolute atomic E-state index is 0.237. The van der Waals surface area contributed by atoms with E-state index in [1.807, 2.05) is 6.92 Å². The molecule has 3 nitrogen and oxygen atoms in total. The van der Waals surface area contributed by atoms with E-state index in [1.165, 1.54) is 0 Å². The first-order chi connectivity index (χ1) is 7.49. The van der Waals surface area contributed by atoms with E-state index in [0.29, 0.717) is 24.4 Å². The van der Waals surface area contributed by atoms with Crippen LogP contribution in [0.2, 0.25) is 0 Å². The molecule has 1 N–H and O–H groups in total. The Balaban J connectivity index is 2.09. The van der Waals surface area contributed by atoms with Gasteiger partial charge in [0.05, 0.1) is 19.3 Å². The molecule has 0 aromatic heterocycles. The summed E-state index contributed by atoms with van der Waals surface area (Å²) in [6.45, 7) is 9.79. The van der Waals surface area contributed by atoms with Gasteiger partial charge in [-0.05, 0) is 18.8 Å². The average Bonchev–Trinajstić information content (AvgIpc) is 2.49. The molecule has 2 rings (SSSR count). The van der Waals surface area contributed by atoms with Gasteiger partial charge in [-0.25, -0.2) is 0 Å². The molecule has 0 amide bonds. The van der Waals surface area contributed by atoms with Crippen molar-refractivity contribution in [2.75, 3.05) is 13.2 Å². The summed E-state index contributed by atoms with van der Waals surface area (Å²) in [6.07, 6.45) is 0.750. The van der Waals surface area contributed by atoms with Gasteiger partial charge in [0.1, 0.15) is 0 Å². The molecule has 2 fully saturated rings. The first-order valence-electron chi connectivity index (χ1n) is 6.45. The van der Waals surface area contributed by atoms with Crippen LogP contribution >= 0.6 is 0 Å². The first kappa shape index (κ1) is 12.3. The van der Waals surface area contributed by atoms with Crippen LogP contribution < -0.4 is 0 Å². The van der Waals surface area contributed by atoms with E-state index in [0.717, 1.165) is 13.0 Å². The zero-order chi connectivity index (χ0) is 11.9. The number of ether oxygens (including phenoxy) is 2. The molecular formula is C13H24O3. The molecule has 94 valence electrons. The van der Waals surface area contributed by atoms with Crippen LogP contribution in [0.3, 0.4) is 0 Å². The summed E-state index contributed by atoms with van der Waals surface area (Å²) in [6, 6.07) is 0. The first-order valence-corrected chi connectivity index (χ1v) is 6.45. The third kappa shape index (κ3) is 1.79. The lowest BCUT2D eigenvalue weighted by molar-refractivity contribution is -0.239. The van der Waals surface area contributed by atoms with Crippen molar-refractivity contribution in [1.82, 2.24) is 0 Å². The highest BCUT2D eigenvalue weighted by molar-refractivity contribution is 4.95. The van der Waals surface area contributed by atoms with E-state index in [-0.39, 0.29) is 12.0 Å². The van der Waals surface area contributed by atoms with Crippen LogP contribution in [0, 0.1) is 23.7 Å². The van der Waals surface area contributed by atoms with Crippen LogP contribution in [0.15, 0.2) is 0 Å².